The maximum Gasteiger partial charge on any atom is 0.195 e. The summed E-state index contributed by atoms with van der Waals surface area (Å²) in [6.45, 7) is 0. The van der Waals surface area contributed by atoms with E-state index in [-0.39, 0.29) is 0 Å². The van der Waals surface area contributed by atoms with Crippen LogP contribution < -0.4 is 9.47 Å². The van der Waals surface area contributed by atoms with Crippen molar-refractivity contribution < 1.29 is 9.47 Å². The van der Waals surface area contributed by atoms with Crippen molar-refractivity contribution in [1.82, 2.24) is 0 Å². The quantitative estimate of drug-likeness (QED) is 0.464. The van der Waals surface area contributed by atoms with Crippen LogP contribution in [0.1, 0.15) is 0 Å². The van der Waals surface area contributed by atoms with E-state index in [4.69, 9.17) is 9.47 Å². The van der Waals surface area contributed by atoms with Crippen LogP contribution in [0.25, 0.3) is 0 Å². The van der Waals surface area contributed by atoms with E-state index in [0.29, 0.717) is 0 Å². The van der Waals surface area contributed by atoms with Crippen molar-refractivity contribution in [3.05, 3.63) is 30.0 Å². The Morgan fingerprint density at radius 1 is 0.867 bits per heavy atom. The second-order valence-electron chi connectivity index (χ2n) is 2.96. The topological polar surface area (TPSA) is 18.5 Å². The van der Waals surface area contributed by atoms with Crippen molar-refractivity contribution >= 4 is 56.5 Å². The first-order valence-electron chi connectivity index (χ1n) is 4.18. The van der Waals surface area contributed by atoms with E-state index in [0.717, 1.165) is 28.8 Å². The summed E-state index contributed by atoms with van der Waals surface area (Å²) in [7, 11) is 0. The molecule has 76 valence electrons. The van der Waals surface area contributed by atoms with Gasteiger partial charge in [-0.15, -0.1) is 11.3 Å². The van der Waals surface area contributed by atoms with Crippen LogP contribution in [0.15, 0.2) is 24.3 Å². The smallest absolute Gasteiger partial charge is 0.195 e. The first-order valence-corrected chi connectivity index (χ1v) is 7.15. The molecule has 0 aliphatic carbocycles. The summed E-state index contributed by atoms with van der Waals surface area (Å²) in [4.78, 5) is 0. The van der Waals surface area contributed by atoms with Crippen molar-refractivity contribution in [1.29, 1.82) is 0 Å². The maximum absolute atomic E-state index is 5.80. The molecule has 1 aromatic heterocycles. The van der Waals surface area contributed by atoms with E-state index in [2.05, 4.69) is 45.2 Å². The number of thiophene rings is 1. The molecule has 0 N–H and O–H groups in total. The minimum Gasteiger partial charge on any atom is -0.447 e. The van der Waals surface area contributed by atoms with Gasteiger partial charge in [-0.2, -0.15) is 0 Å². The number of para-hydroxylation sites is 2. The molecule has 0 fully saturated rings. The van der Waals surface area contributed by atoms with Crippen LogP contribution in [-0.2, 0) is 0 Å². The molecule has 15 heavy (non-hydrogen) atoms. The highest BCUT2D eigenvalue weighted by atomic mass is 127. The molecular formula is C10H4I2O2S. The van der Waals surface area contributed by atoms with Crippen molar-refractivity contribution in [2.45, 2.75) is 0 Å². The lowest BCUT2D eigenvalue weighted by atomic mass is 10.3. The predicted octanol–water partition coefficient (Wildman–Crippen LogP) is 4.86. The van der Waals surface area contributed by atoms with E-state index < -0.39 is 0 Å². The number of benzene rings is 1. The lowest BCUT2D eigenvalue weighted by Gasteiger charge is -2.18. The van der Waals surface area contributed by atoms with E-state index in [1.54, 1.807) is 11.3 Å². The van der Waals surface area contributed by atoms with Crippen molar-refractivity contribution in [2.75, 3.05) is 0 Å². The van der Waals surface area contributed by atoms with E-state index in [1.807, 2.05) is 24.3 Å². The molecule has 0 amide bonds. The fourth-order valence-electron chi connectivity index (χ4n) is 1.36. The van der Waals surface area contributed by atoms with Gasteiger partial charge in [0.1, 0.15) is 5.77 Å². The summed E-state index contributed by atoms with van der Waals surface area (Å²) in [5, 5.41) is 0. The second kappa shape index (κ2) is 3.77. The van der Waals surface area contributed by atoms with Crippen molar-refractivity contribution in [2.24, 2.45) is 0 Å². The Hall–Kier alpha value is -0.0200. The Bertz CT molecular complexity index is 491. The summed E-state index contributed by atoms with van der Waals surface area (Å²) in [6.07, 6.45) is 0. The van der Waals surface area contributed by atoms with E-state index >= 15 is 0 Å². The average Bonchev–Trinajstić information content (AvgIpc) is 2.52. The van der Waals surface area contributed by atoms with Gasteiger partial charge in [0.25, 0.3) is 0 Å². The number of hydrogen-bond acceptors (Lipinski definition) is 3. The van der Waals surface area contributed by atoms with Gasteiger partial charge in [0.15, 0.2) is 23.0 Å². The number of ether oxygens (including phenoxy) is 2. The highest BCUT2D eigenvalue weighted by Crippen LogP contribution is 2.52. The molecule has 1 aliphatic heterocycles. The molecular weight excluding hydrogens is 438 g/mol. The van der Waals surface area contributed by atoms with Gasteiger partial charge < -0.3 is 9.47 Å². The molecule has 0 saturated carbocycles. The highest BCUT2D eigenvalue weighted by Gasteiger charge is 2.25. The highest BCUT2D eigenvalue weighted by molar-refractivity contribution is 14.1. The minimum absolute atomic E-state index is 0.789. The number of fused-ring (bicyclic) bond motifs is 2. The fourth-order valence-corrected chi connectivity index (χ4v) is 5.27. The van der Waals surface area contributed by atoms with E-state index in [1.165, 1.54) is 0 Å². The minimum atomic E-state index is 0.789. The molecule has 0 spiro atoms. The molecule has 0 bridgehead atoms. The molecule has 2 aromatic rings. The third-order valence-corrected chi connectivity index (χ3v) is 5.05. The third kappa shape index (κ3) is 1.64. The summed E-state index contributed by atoms with van der Waals surface area (Å²) in [6, 6.07) is 7.71. The average molecular weight is 442 g/mol. The van der Waals surface area contributed by atoms with Gasteiger partial charge in [-0.05, 0) is 57.3 Å². The van der Waals surface area contributed by atoms with Crippen LogP contribution in [0, 0.1) is 5.77 Å². The van der Waals surface area contributed by atoms with Gasteiger partial charge >= 0.3 is 0 Å². The Kier molecular flexibility index (Phi) is 2.56. The molecule has 1 aliphatic rings. The Labute approximate surface area is 118 Å². The van der Waals surface area contributed by atoms with Gasteiger partial charge in [-0.3, -0.25) is 0 Å². The van der Waals surface area contributed by atoms with Crippen molar-refractivity contribution in [3.63, 3.8) is 0 Å². The first-order chi connectivity index (χ1) is 7.25. The lowest BCUT2D eigenvalue weighted by molar-refractivity contribution is 0.359. The van der Waals surface area contributed by atoms with Crippen LogP contribution in [0.2, 0.25) is 0 Å². The van der Waals surface area contributed by atoms with E-state index in [9.17, 15) is 0 Å². The third-order valence-electron chi connectivity index (χ3n) is 2.02. The van der Waals surface area contributed by atoms with Gasteiger partial charge in [0, 0.05) is 0 Å². The predicted molar refractivity (Wildman–Crippen MR) is 76.3 cm³/mol. The zero-order chi connectivity index (χ0) is 10.4. The monoisotopic (exact) mass is 442 g/mol. The molecule has 5 heteroatoms. The summed E-state index contributed by atoms with van der Waals surface area (Å²) in [5.41, 5.74) is 0. The maximum atomic E-state index is 5.80. The molecule has 3 rings (SSSR count). The van der Waals surface area contributed by atoms with Crippen LogP contribution in [0.3, 0.4) is 0 Å². The van der Waals surface area contributed by atoms with Gasteiger partial charge in [0.05, 0.1) is 0 Å². The summed E-state index contributed by atoms with van der Waals surface area (Å²) < 4.78 is 13.9. The summed E-state index contributed by atoms with van der Waals surface area (Å²) >= 11 is 6.22. The number of rotatable bonds is 0. The Morgan fingerprint density at radius 2 is 1.33 bits per heavy atom. The van der Waals surface area contributed by atoms with Crippen LogP contribution in [-0.4, -0.2) is 0 Å². The second-order valence-corrected chi connectivity index (χ2v) is 7.60. The van der Waals surface area contributed by atoms with Crippen molar-refractivity contribution in [3.8, 4) is 23.0 Å². The molecule has 0 atom stereocenters. The Balaban J connectivity index is 2.16. The molecule has 1 aromatic carbocycles. The zero-order valence-electron chi connectivity index (χ0n) is 7.29. The van der Waals surface area contributed by atoms with Gasteiger partial charge in [0.2, 0.25) is 0 Å². The van der Waals surface area contributed by atoms with Crippen LogP contribution >= 0.6 is 56.5 Å². The number of halogens is 2. The molecule has 2 nitrogen and oxygen atoms in total. The first kappa shape index (κ1) is 10.2. The Morgan fingerprint density at radius 3 is 1.80 bits per heavy atom. The van der Waals surface area contributed by atoms with Crippen LogP contribution in [0.4, 0.5) is 0 Å². The normalized spacial score (nSPS) is 12.4. The largest absolute Gasteiger partial charge is 0.447 e. The number of hydrogen-bond donors (Lipinski definition) is 0. The van der Waals surface area contributed by atoms with Crippen LogP contribution in [0.5, 0.6) is 23.0 Å². The lowest BCUT2D eigenvalue weighted by Crippen LogP contribution is -1.97. The molecule has 0 radical (unpaired) electrons. The van der Waals surface area contributed by atoms with Gasteiger partial charge in [-0.25, -0.2) is 0 Å². The molecule has 0 saturated heterocycles. The molecule has 2 heterocycles. The fraction of sp³-hybridized carbons (Fsp3) is 0. The summed E-state index contributed by atoms with van der Waals surface area (Å²) in [5.74, 6) is 3.28. The van der Waals surface area contributed by atoms with Gasteiger partial charge in [-0.1, -0.05) is 12.1 Å². The standard InChI is InChI=1S/C10H4I2O2S/c11-9-7-8(10(12)15-9)14-6-4-2-1-3-5(6)13-7/h1-4H. The zero-order valence-corrected chi connectivity index (χ0v) is 12.4. The molecule has 0 unspecified atom stereocenters. The SMILES string of the molecule is Ic1sc(I)c2c1Oc1ccccc1O2.